The second kappa shape index (κ2) is 8.50. The summed E-state index contributed by atoms with van der Waals surface area (Å²) < 4.78 is 35.3. The maximum atomic E-state index is 13.1. The van der Waals surface area contributed by atoms with Crippen molar-refractivity contribution in [2.75, 3.05) is 44.3 Å². The van der Waals surface area contributed by atoms with Crippen LogP contribution in [0.4, 0.5) is 16.2 Å². The number of fused-ring (bicyclic) bond motifs is 1. The summed E-state index contributed by atoms with van der Waals surface area (Å²) in [5.74, 6) is 0.410. The molecule has 1 atom stereocenters. The van der Waals surface area contributed by atoms with Crippen molar-refractivity contribution in [2.24, 2.45) is 0 Å². The van der Waals surface area contributed by atoms with Crippen LogP contribution in [-0.2, 0) is 20.6 Å². The molecule has 0 fully saturated rings. The van der Waals surface area contributed by atoms with E-state index in [1.54, 1.807) is 7.11 Å². The lowest BCUT2D eigenvalue weighted by Crippen LogP contribution is -2.23. The van der Waals surface area contributed by atoms with Gasteiger partial charge >= 0.3 is 7.60 Å². The highest BCUT2D eigenvalue weighted by Gasteiger charge is 2.20. The maximum absolute atomic E-state index is 13.1. The molecule has 0 aromatic carbocycles. The predicted molar refractivity (Wildman–Crippen MR) is 87.9 cm³/mol. The molecule has 0 aliphatic carbocycles. The minimum atomic E-state index is -4.38. The average molecular weight is 378 g/mol. The van der Waals surface area contributed by atoms with Crippen molar-refractivity contribution < 1.29 is 28.2 Å². The number of nitrogen functional groups attached to an aromatic ring is 1. The number of halogens is 1. The molecule has 0 radical (unpaired) electrons. The van der Waals surface area contributed by atoms with E-state index < -0.39 is 26.7 Å². The summed E-state index contributed by atoms with van der Waals surface area (Å²) in [6.07, 6.45) is -0.523. The Morgan fingerprint density at radius 1 is 1.48 bits per heavy atom. The van der Waals surface area contributed by atoms with Gasteiger partial charge in [0.15, 0.2) is 17.0 Å². The van der Waals surface area contributed by atoms with E-state index in [0.29, 0.717) is 30.1 Å². The van der Waals surface area contributed by atoms with Crippen LogP contribution in [0.5, 0.6) is 0 Å². The second-order valence-electron chi connectivity index (χ2n) is 5.16. The van der Waals surface area contributed by atoms with E-state index in [-0.39, 0.29) is 12.5 Å². The normalized spacial score (nSPS) is 13.3. The van der Waals surface area contributed by atoms with Crippen molar-refractivity contribution in [1.82, 2.24) is 19.5 Å². The summed E-state index contributed by atoms with van der Waals surface area (Å²) in [5.41, 5.74) is 6.47. The number of rotatable bonds is 10. The van der Waals surface area contributed by atoms with Crippen molar-refractivity contribution in [2.45, 2.75) is 12.6 Å². The number of nitrogens with one attached hydrogen (secondary N) is 1. The zero-order valence-corrected chi connectivity index (χ0v) is 14.4. The molecule has 0 saturated heterocycles. The van der Waals surface area contributed by atoms with Crippen LogP contribution in [0.15, 0.2) is 6.33 Å². The van der Waals surface area contributed by atoms with Gasteiger partial charge in [-0.3, -0.25) is 4.57 Å². The molecule has 2 aromatic heterocycles. The lowest BCUT2D eigenvalue weighted by Gasteiger charge is -2.16. The largest absolute Gasteiger partial charge is 0.383 e. The molecule has 2 aromatic rings. The first-order valence-corrected chi connectivity index (χ1v) is 9.07. The number of alkyl halides is 1. The van der Waals surface area contributed by atoms with Crippen molar-refractivity contribution in [3.8, 4) is 0 Å². The molecule has 13 heteroatoms. The Kier molecular flexibility index (Phi) is 6.62. The molecule has 5 N–H and O–H groups in total. The van der Waals surface area contributed by atoms with E-state index in [4.69, 9.17) is 25.0 Å². The Hall–Kier alpha value is -1.85. The van der Waals surface area contributed by atoms with Crippen LogP contribution in [0.25, 0.3) is 11.2 Å². The highest BCUT2D eigenvalue weighted by atomic mass is 31.2. The first kappa shape index (κ1) is 19.5. The standard InChI is InChI=1S/C12H20FN6O5P/c1-23-3-2-15-10-9-11(18-12(14)17-10)19(6-16-9)5-8(4-13)24-7-25(20,21)22/h6,8H,2-5,7H2,1H3,(H2,20,21,22)(H3,14,15,17,18). The van der Waals surface area contributed by atoms with Crippen LogP contribution < -0.4 is 11.1 Å². The van der Waals surface area contributed by atoms with E-state index in [1.807, 2.05) is 0 Å². The molecule has 0 aliphatic heterocycles. The zero-order chi connectivity index (χ0) is 18.4. The van der Waals surface area contributed by atoms with E-state index >= 15 is 0 Å². The number of imidazole rings is 1. The van der Waals surface area contributed by atoms with Gasteiger partial charge in [-0.05, 0) is 0 Å². The van der Waals surface area contributed by atoms with Crippen LogP contribution in [0.2, 0.25) is 0 Å². The molecular weight excluding hydrogens is 358 g/mol. The molecule has 0 saturated carbocycles. The maximum Gasteiger partial charge on any atom is 0.350 e. The van der Waals surface area contributed by atoms with Crippen LogP contribution in [0, 0.1) is 0 Å². The fourth-order valence-corrected chi connectivity index (χ4v) is 2.46. The lowest BCUT2D eigenvalue weighted by molar-refractivity contribution is 0.0445. The third-order valence-electron chi connectivity index (χ3n) is 3.13. The van der Waals surface area contributed by atoms with E-state index in [0.717, 1.165) is 0 Å². The zero-order valence-electron chi connectivity index (χ0n) is 13.5. The third-order valence-corrected chi connectivity index (χ3v) is 3.62. The lowest BCUT2D eigenvalue weighted by atomic mass is 10.4. The summed E-state index contributed by atoms with van der Waals surface area (Å²) in [6.45, 7) is -0.0419. The third kappa shape index (κ3) is 5.58. The van der Waals surface area contributed by atoms with Crippen molar-refractivity contribution in [3.05, 3.63) is 6.33 Å². The second-order valence-corrected chi connectivity index (χ2v) is 6.74. The molecule has 140 valence electrons. The first-order chi connectivity index (χ1) is 11.8. The molecule has 2 heterocycles. The van der Waals surface area contributed by atoms with Crippen LogP contribution in [-0.4, -0.2) is 68.7 Å². The van der Waals surface area contributed by atoms with Gasteiger partial charge in [-0.1, -0.05) is 0 Å². The van der Waals surface area contributed by atoms with Crippen LogP contribution in [0.1, 0.15) is 0 Å². The summed E-state index contributed by atoms with van der Waals surface area (Å²) >= 11 is 0. The number of nitrogens with zero attached hydrogens (tertiary/aromatic N) is 4. The van der Waals surface area contributed by atoms with E-state index in [2.05, 4.69) is 20.3 Å². The van der Waals surface area contributed by atoms with Gasteiger partial charge in [0.25, 0.3) is 0 Å². The van der Waals surface area contributed by atoms with Gasteiger partial charge in [-0.25, -0.2) is 9.37 Å². The molecule has 11 nitrogen and oxygen atoms in total. The molecule has 2 rings (SSSR count). The fraction of sp³-hybridized carbons (Fsp3) is 0.583. The SMILES string of the molecule is COCCNc1nc(N)nc2c1ncn2CC(CF)OCP(=O)(O)O. The number of ether oxygens (including phenoxy) is 2. The van der Waals surface area contributed by atoms with Gasteiger partial charge in [0.05, 0.1) is 19.5 Å². The minimum absolute atomic E-state index is 0.00195. The average Bonchev–Trinajstić information content (AvgIpc) is 2.93. The Morgan fingerprint density at radius 2 is 2.24 bits per heavy atom. The summed E-state index contributed by atoms with van der Waals surface area (Å²) in [6, 6.07) is 0. The number of anilines is 2. The predicted octanol–water partition coefficient (Wildman–Crippen LogP) is -0.0433. The Bertz CT molecular complexity index is 753. The monoisotopic (exact) mass is 378 g/mol. The van der Waals surface area contributed by atoms with Gasteiger partial charge in [-0.15, -0.1) is 0 Å². The molecule has 1 unspecified atom stereocenters. The Balaban J connectivity index is 2.19. The van der Waals surface area contributed by atoms with Crippen molar-refractivity contribution in [3.63, 3.8) is 0 Å². The minimum Gasteiger partial charge on any atom is -0.383 e. The number of aromatic nitrogens is 4. The van der Waals surface area contributed by atoms with Crippen molar-refractivity contribution in [1.29, 1.82) is 0 Å². The Labute approximate surface area is 142 Å². The smallest absolute Gasteiger partial charge is 0.350 e. The number of hydrogen-bond donors (Lipinski definition) is 4. The van der Waals surface area contributed by atoms with Gasteiger partial charge in [0.1, 0.15) is 19.1 Å². The van der Waals surface area contributed by atoms with Gasteiger partial charge < -0.3 is 34.9 Å². The summed E-state index contributed by atoms with van der Waals surface area (Å²) in [4.78, 5) is 30.0. The molecule has 0 amide bonds. The molecular formula is C12H20FN6O5P. The molecule has 25 heavy (non-hydrogen) atoms. The Morgan fingerprint density at radius 3 is 2.88 bits per heavy atom. The number of hydrogen-bond acceptors (Lipinski definition) is 8. The van der Waals surface area contributed by atoms with Crippen LogP contribution >= 0.6 is 7.60 Å². The number of methoxy groups -OCH3 is 1. The fourth-order valence-electron chi connectivity index (χ4n) is 2.06. The van der Waals surface area contributed by atoms with Gasteiger partial charge in [0, 0.05) is 13.7 Å². The molecule has 0 spiro atoms. The number of nitrogens with two attached hydrogens (primary N) is 1. The van der Waals surface area contributed by atoms with Crippen molar-refractivity contribution >= 4 is 30.5 Å². The first-order valence-electron chi connectivity index (χ1n) is 7.27. The van der Waals surface area contributed by atoms with Crippen LogP contribution in [0.3, 0.4) is 0 Å². The highest BCUT2D eigenvalue weighted by molar-refractivity contribution is 7.51. The van der Waals surface area contributed by atoms with E-state index in [1.165, 1.54) is 10.9 Å². The van der Waals surface area contributed by atoms with E-state index in [9.17, 15) is 8.96 Å². The van der Waals surface area contributed by atoms with Gasteiger partial charge in [0.2, 0.25) is 5.95 Å². The topological polar surface area (TPSA) is 158 Å². The molecule has 0 aliphatic rings. The quantitative estimate of drug-likeness (QED) is 0.326. The summed E-state index contributed by atoms with van der Waals surface area (Å²) in [5, 5.41) is 3.01. The molecule has 0 bridgehead atoms. The van der Waals surface area contributed by atoms with Gasteiger partial charge in [-0.2, -0.15) is 9.97 Å². The highest BCUT2D eigenvalue weighted by Crippen LogP contribution is 2.34. The summed E-state index contributed by atoms with van der Waals surface area (Å²) in [7, 11) is -2.82.